The maximum Gasteiger partial charge on any atom is 0.259 e. The second-order valence-electron chi connectivity index (χ2n) is 3.21. The minimum Gasteiger partial charge on any atom is -0.362 e. The van der Waals surface area contributed by atoms with E-state index in [0.29, 0.717) is 10.2 Å². The van der Waals surface area contributed by atoms with Gasteiger partial charge in [-0.25, -0.2) is 9.29 Å². The molecule has 1 aliphatic rings. The summed E-state index contributed by atoms with van der Waals surface area (Å²) in [5, 5.41) is 0. The van der Waals surface area contributed by atoms with Crippen molar-refractivity contribution in [1.29, 1.82) is 0 Å². The average Bonchev–Trinajstić information content (AvgIpc) is 2.20. The molecule has 4 nitrogen and oxygen atoms in total. The van der Waals surface area contributed by atoms with Gasteiger partial charge in [0, 0.05) is 4.47 Å². The topological polar surface area (TPSA) is 46.6 Å². The number of amides is 2. The number of imide groups is 1. The lowest BCUT2D eigenvalue weighted by atomic mass is 10.2. The van der Waals surface area contributed by atoms with Crippen molar-refractivity contribution in [2.75, 3.05) is 18.1 Å². The Bertz CT molecular complexity index is 447. The molecule has 0 N–H and O–H groups in total. The van der Waals surface area contributed by atoms with Gasteiger partial charge in [-0.05, 0) is 34.1 Å². The maximum atomic E-state index is 12.9. The fourth-order valence-electron chi connectivity index (χ4n) is 1.43. The van der Waals surface area contributed by atoms with E-state index in [9.17, 15) is 14.0 Å². The van der Waals surface area contributed by atoms with Gasteiger partial charge in [0.25, 0.3) is 11.8 Å². The van der Waals surface area contributed by atoms with E-state index in [1.807, 2.05) is 0 Å². The Morgan fingerprint density at radius 1 is 1.25 bits per heavy atom. The first kappa shape index (κ1) is 11.2. The number of rotatable bonds is 1. The van der Waals surface area contributed by atoms with Crippen molar-refractivity contribution in [3.63, 3.8) is 0 Å². The molecule has 1 aromatic rings. The van der Waals surface area contributed by atoms with Gasteiger partial charge in [-0.2, -0.15) is 0 Å². The number of benzene rings is 1. The molecule has 1 aliphatic heterocycles. The molecule has 0 aliphatic carbocycles. The van der Waals surface area contributed by atoms with Crippen molar-refractivity contribution in [3.05, 3.63) is 28.5 Å². The summed E-state index contributed by atoms with van der Waals surface area (Å²) in [6.45, 7) is -0.287. The second-order valence-corrected chi connectivity index (χ2v) is 4.07. The predicted octanol–water partition coefficient (Wildman–Crippen LogP) is 1.48. The van der Waals surface area contributed by atoms with Gasteiger partial charge >= 0.3 is 0 Å². The van der Waals surface area contributed by atoms with Crippen LogP contribution in [0.15, 0.2) is 22.7 Å². The number of carbonyl (C=O) groups excluding carboxylic acids is 2. The van der Waals surface area contributed by atoms with E-state index in [1.54, 1.807) is 0 Å². The molecule has 0 aromatic heterocycles. The molecule has 0 spiro atoms. The number of nitrogens with zero attached hydrogens (tertiary/aromatic N) is 1. The first-order valence-corrected chi connectivity index (χ1v) is 5.27. The van der Waals surface area contributed by atoms with Gasteiger partial charge in [0.2, 0.25) is 0 Å². The minimum absolute atomic E-state index is 0.143. The highest BCUT2D eigenvalue weighted by Gasteiger charge is 2.29. The molecule has 0 radical (unpaired) electrons. The molecule has 0 saturated carbocycles. The summed E-state index contributed by atoms with van der Waals surface area (Å²) in [7, 11) is 0. The fourth-order valence-corrected chi connectivity index (χ4v) is 1.95. The van der Waals surface area contributed by atoms with Gasteiger partial charge in [-0.15, -0.1) is 0 Å². The molecular formula is C10H7BrFNO3. The van der Waals surface area contributed by atoms with Crippen LogP contribution in [0.2, 0.25) is 0 Å². The van der Waals surface area contributed by atoms with Crippen molar-refractivity contribution in [3.8, 4) is 0 Å². The summed E-state index contributed by atoms with van der Waals surface area (Å²) in [6, 6.07) is 3.77. The molecular weight excluding hydrogens is 281 g/mol. The summed E-state index contributed by atoms with van der Waals surface area (Å²) in [6.07, 6.45) is 0. The molecule has 1 fully saturated rings. The van der Waals surface area contributed by atoms with Gasteiger partial charge in [0.1, 0.15) is 19.0 Å². The van der Waals surface area contributed by atoms with Gasteiger partial charge < -0.3 is 4.74 Å². The molecule has 16 heavy (non-hydrogen) atoms. The molecule has 1 aromatic carbocycles. The molecule has 0 atom stereocenters. The van der Waals surface area contributed by atoms with Crippen LogP contribution in [-0.2, 0) is 14.3 Å². The Morgan fingerprint density at radius 2 is 1.88 bits per heavy atom. The van der Waals surface area contributed by atoms with Gasteiger partial charge in [0.15, 0.2) is 0 Å². The number of halogens is 2. The lowest BCUT2D eigenvalue weighted by Crippen LogP contribution is -2.46. The van der Waals surface area contributed by atoms with E-state index in [4.69, 9.17) is 4.74 Å². The number of hydrogen-bond donors (Lipinski definition) is 0. The van der Waals surface area contributed by atoms with Crippen molar-refractivity contribution < 1.29 is 18.7 Å². The lowest BCUT2D eigenvalue weighted by Gasteiger charge is -2.25. The number of carbonyl (C=O) groups is 2. The molecule has 0 bridgehead atoms. The number of ether oxygens (including phenoxy) is 1. The highest BCUT2D eigenvalue weighted by molar-refractivity contribution is 9.10. The standard InChI is InChI=1S/C10H7BrFNO3/c11-7-3-6(12)1-2-8(7)13-9(14)4-16-5-10(13)15/h1-3H,4-5H2. The molecule has 84 valence electrons. The van der Waals surface area contributed by atoms with Gasteiger partial charge in [-0.3, -0.25) is 9.59 Å². The molecule has 2 amide bonds. The second kappa shape index (κ2) is 4.31. The highest BCUT2D eigenvalue weighted by atomic mass is 79.9. The van der Waals surface area contributed by atoms with E-state index in [2.05, 4.69) is 15.9 Å². The molecule has 1 saturated heterocycles. The predicted molar refractivity (Wildman–Crippen MR) is 57.4 cm³/mol. The zero-order chi connectivity index (χ0) is 11.7. The normalized spacial score (nSPS) is 16.8. The van der Waals surface area contributed by atoms with Crippen LogP contribution in [0.4, 0.5) is 10.1 Å². The van der Waals surface area contributed by atoms with Crippen molar-refractivity contribution in [1.82, 2.24) is 0 Å². The Kier molecular flexibility index (Phi) is 3.02. The van der Waals surface area contributed by atoms with Crippen molar-refractivity contribution >= 4 is 33.4 Å². The van der Waals surface area contributed by atoms with E-state index in [1.165, 1.54) is 18.2 Å². The van der Waals surface area contributed by atoms with Crippen molar-refractivity contribution in [2.45, 2.75) is 0 Å². The van der Waals surface area contributed by atoms with E-state index in [-0.39, 0.29) is 13.2 Å². The molecule has 0 unspecified atom stereocenters. The Morgan fingerprint density at radius 3 is 2.44 bits per heavy atom. The Balaban J connectivity index is 2.42. The first-order valence-electron chi connectivity index (χ1n) is 4.48. The van der Waals surface area contributed by atoms with Crippen LogP contribution in [-0.4, -0.2) is 25.0 Å². The summed E-state index contributed by atoms with van der Waals surface area (Å²) < 4.78 is 18.0. The minimum atomic E-state index is -0.455. The van der Waals surface area contributed by atoms with E-state index < -0.39 is 17.6 Å². The molecule has 2 rings (SSSR count). The maximum absolute atomic E-state index is 12.9. The summed E-state index contributed by atoms with van der Waals surface area (Å²) in [4.78, 5) is 24.0. The molecule has 1 heterocycles. The number of morpholine rings is 1. The monoisotopic (exact) mass is 287 g/mol. The Labute approximate surface area is 99.1 Å². The van der Waals surface area contributed by atoms with E-state index >= 15 is 0 Å². The third-order valence-electron chi connectivity index (χ3n) is 2.10. The first-order chi connectivity index (χ1) is 7.59. The third-order valence-corrected chi connectivity index (χ3v) is 2.74. The molecule has 6 heteroatoms. The average molecular weight is 288 g/mol. The smallest absolute Gasteiger partial charge is 0.259 e. The fraction of sp³-hybridized carbons (Fsp3) is 0.200. The van der Waals surface area contributed by atoms with Crippen LogP contribution in [0.5, 0.6) is 0 Å². The highest BCUT2D eigenvalue weighted by Crippen LogP contribution is 2.28. The Hall–Kier alpha value is -1.27. The zero-order valence-corrected chi connectivity index (χ0v) is 9.66. The van der Waals surface area contributed by atoms with E-state index in [0.717, 1.165) is 4.90 Å². The van der Waals surface area contributed by atoms with Crippen LogP contribution in [0.1, 0.15) is 0 Å². The summed E-state index contributed by atoms with van der Waals surface area (Å²) in [5.41, 5.74) is 0.333. The van der Waals surface area contributed by atoms with Gasteiger partial charge in [-0.1, -0.05) is 0 Å². The number of anilines is 1. The largest absolute Gasteiger partial charge is 0.362 e. The van der Waals surface area contributed by atoms with Crippen LogP contribution >= 0.6 is 15.9 Å². The van der Waals surface area contributed by atoms with Crippen LogP contribution in [0.3, 0.4) is 0 Å². The van der Waals surface area contributed by atoms with Crippen molar-refractivity contribution in [2.24, 2.45) is 0 Å². The zero-order valence-electron chi connectivity index (χ0n) is 8.07. The van der Waals surface area contributed by atoms with Crippen LogP contribution in [0.25, 0.3) is 0 Å². The van der Waals surface area contributed by atoms with Crippen LogP contribution < -0.4 is 4.90 Å². The quantitative estimate of drug-likeness (QED) is 0.735. The summed E-state index contributed by atoms with van der Waals surface area (Å²) >= 11 is 3.11. The SMILES string of the molecule is O=C1COCC(=O)N1c1ccc(F)cc1Br. The van der Waals surface area contributed by atoms with Gasteiger partial charge in [0.05, 0.1) is 5.69 Å². The summed E-state index contributed by atoms with van der Waals surface area (Å²) in [5.74, 6) is -1.35. The third kappa shape index (κ3) is 1.98. The van der Waals surface area contributed by atoms with Crippen LogP contribution in [0, 0.1) is 5.82 Å². The number of hydrogen-bond acceptors (Lipinski definition) is 3. The lowest BCUT2D eigenvalue weighted by molar-refractivity contribution is -0.138.